The molecule has 6 nitrogen and oxygen atoms in total. The Labute approximate surface area is 200 Å². The molecule has 0 aliphatic rings. The van der Waals surface area contributed by atoms with Crippen molar-refractivity contribution < 1.29 is 28.5 Å². The lowest BCUT2D eigenvalue weighted by molar-refractivity contribution is 0.0719. The molecular weight excluding hydrogens is 432 g/mol. The van der Waals surface area contributed by atoms with Crippen LogP contribution in [0.15, 0.2) is 98.1 Å². The number of hydrogen-bond donors (Lipinski definition) is 0. The van der Waals surface area contributed by atoms with Gasteiger partial charge in [0, 0.05) is 0 Å². The van der Waals surface area contributed by atoms with Crippen molar-refractivity contribution in [3.63, 3.8) is 0 Å². The number of benzene rings is 3. The topological polar surface area (TPSA) is 71.1 Å². The molecule has 3 rings (SSSR count). The third-order valence-corrected chi connectivity index (χ3v) is 4.16. The van der Waals surface area contributed by atoms with Gasteiger partial charge in [0.2, 0.25) is 0 Å². The Morgan fingerprint density at radius 3 is 1.18 bits per heavy atom. The Balaban J connectivity index is 0.00000199. The predicted molar refractivity (Wildman–Crippen MR) is 132 cm³/mol. The van der Waals surface area contributed by atoms with Gasteiger partial charge in [-0.2, -0.15) is 0 Å². The minimum absolute atomic E-state index is 0.325. The van der Waals surface area contributed by atoms with E-state index in [0.717, 1.165) is 0 Å². The molecule has 0 atom stereocenters. The van der Waals surface area contributed by atoms with E-state index in [1.807, 2.05) is 13.8 Å². The molecule has 0 amide bonds. The van der Waals surface area contributed by atoms with Gasteiger partial charge in [0.15, 0.2) is 0 Å². The van der Waals surface area contributed by atoms with Crippen LogP contribution in [-0.4, -0.2) is 25.2 Å². The highest BCUT2D eigenvalue weighted by Crippen LogP contribution is 2.21. The predicted octanol–water partition coefficient (Wildman–Crippen LogP) is 6.28. The van der Waals surface area contributed by atoms with Gasteiger partial charge in [-0.25, -0.2) is 9.59 Å². The summed E-state index contributed by atoms with van der Waals surface area (Å²) in [4.78, 5) is 24.6. The number of carbonyl (C=O) groups excluding carboxylic acids is 2. The first kappa shape index (κ1) is 25.9. The standard InChI is InChI=1S/C26H22O6.C2H6/c1-3-17-29-21-9-5-19(6-10-21)25(27)31-23-13-15-24(16-14-23)32-26(28)20-7-11-22(12-8-20)30-18-4-2;1-2/h3-16H,1-2,17-18H2;1-2H3. The highest BCUT2D eigenvalue weighted by atomic mass is 16.5. The molecule has 0 aliphatic heterocycles. The van der Waals surface area contributed by atoms with Crippen LogP contribution in [0.5, 0.6) is 23.0 Å². The monoisotopic (exact) mass is 460 g/mol. The van der Waals surface area contributed by atoms with Gasteiger partial charge in [0.1, 0.15) is 36.2 Å². The lowest BCUT2D eigenvalue weighted by Gasteiger charge is -2.08. The average Bonchev–Trinajstić information content (AvgIpc) is 2.89. The quantitative estimate of drug-likeness (QED) is 0.201. The van der Waals surface area contributed by atoms with Crippen LogP contribution in [0.3, 0.4) is 0 Å². The van der Waals surface area contributed by atoms with Crippen molar-refractivity contribution in [2.24, 2.45) is 0 Å². The second-order valence-electron chi connectivity index (χ2n) is 6.50. The fourth-order valence-corrected chi connectivity index (χ4v) is 2.59. The number of rotatable bonds is 10. The zero-order chi connectivity index (χ0) is 24.8. The summed E-state index contributed by atoms with van der Waals surface area (Å²) >= 11 is 0. The first-order chi connectivity index (χ1) is 16.6. The first-order valence-corrected chi connectivity index (χ1v) is 10.8. The summed E-state index contributed by atoms with van der Waals surface area (Å²) in [7, 11) is 0. The maximum atomic E-state index is 12.3. The van der Waals surface area contributed by atoms with Crippen LogP contribution in [0.1, 0.15) is 34.6 Å². The van der Waals surface area contributed by atoms with E-state index in [2.05, 4.69) is 13.2 Å². The molecule has 0 saturated carbocycles. The molecule has 0 bridgehead atoms. The van der Waals surface area contributed by atoms with Crippen molar-refractivity contribution >= 4 is 11.9 Å². The van der Waals surface area contributed by atoms with Crippen LogP contribution in [0.2, 0.25) is 0 Å². The van der Waals surface area contributed by atoms with Gasteiger partial charge >= 0.3 is 11.9 Å². The minimum Gasteiger partial charge on any atom is -0.490 e. The fraction of sp³-hybridized carbons (Fsp3) is 0.143. The first-order valence-electron chi connectivity index (χ1n) is 10.8. The third kappa shape index (κ3) is 7.98. The van der Waals surface area contributed by atoms with Crippen LogP contribution < -0.4 is 18.9 Å². The van der Waals surface area contributed by atoms with Crippen molar-refractivity contribution in [1.29, 1.82) is 0 Å². The van der Waals surface area contributed by atoms with Crippen LogP contribution in [0, 0.1) is 0 Å². The summed E-state index contributed by atoms with van der Waals surface area (Å²) in [6, 6.07) is 19.4. The summed E-state index contributed by atoms with van der Waals surface area (Å²) in [5, 5.41) is 0. The van der Waals surface area contributed by atoms with E-state index < -0.39 is 11.9 Å². The Hall–Kier alpha value is -4.32. The molecule has 3 aromatic rings. The summed E-state index contributed by atoms with van der Waals surface area (Å²) in [6.45, 7) is 11.9. The summed E-state index contributed by atoms with van der Waals surface area (Å²) in [6.07, 6.45) is 3.28. The van der Waals surface area contributed by atoms with Crippen molar-refractivity contribution in [1.82, 2.24) is 0 Å². The van der Waals surface area contributed by atoms with Crippen molar-refractivity contribution in [3.8, 4) is 23.0 Å². The van der Waals surface area contributed by atoms with Gasteiger partial charge in [-0.1, -0.05) is 39.2 Å². The molecule has 0 heterocycles. The smallest absolute Gasteiger partial charge is 0.343 e. The van der Waals surface area contributed by atoms with E-state index in [1.165, 1.54) is 0 Å². The molecule has 0 aliphatic carbocycles. The summed E-state index contributed by atoms with van der Waals surface area (Å²) in [5.74, 6) is 0.890. The second kappa shape index (κ2) is 14.0. The zero-order valence-electron chi connectivity index (χ0n) is 19.4. The van der Waals surface area contributed by atoms with Gasteiger partial charge < -0.3 is 18.9 Å². The third-order valence-electron chi connectivity index (χ3n) is 4.16. The average molecular weight is 461 g/mol. The number of ether oxygens (including phenoxy) is 4. The van der Waals surface area contributed by atoms with Crippen LogP contribution >= 0.6 is 0 Å². The van der Waals surface area contributed by atoms with Gasteiger partial charge in [0.05, 0.1) is 11.1 Å². The van der Waals surface area contributed by atoms with E-state index in [9.17, 15) is 9.59 Å². The maximum Gasteiger partial charge on any atom is 0.343 e. The molecule has 0 spiro atoms. The van der Waals surface area contributed by atoms with Crippen molar-refractivity contribution in [2.45, 2.75) is 13.8 Å². The van der Waals surface area contributed by atoms with Gasteiger partial charge in [-0.05, 0) is 72.8 Å². The number of carbonyl (C=O) groups is 2. The highest BCUT2D eigenvalue weighted by molar-refractivity contribution is 5.92. The van der Waals surface area contributed by atoms with Crippen LogP contribution in [0.25, 0.3) is 0 Å². The molecule has 0 radical (unpaired) electrons. The van der Waals surface area contributed by atoms with Gasteiger partial charge in [0.25, 0.3) is 0 Å². The van der Waals surface area contributed by atoms with E-state index in [-0.39, 0.29) is 0 Å². The summed E-state index contributed by atoms with van der Waals surface area (Å²) in [5.41, 5.74) is 0.763. The lowest BCUT2D eigenvalue weighted by Crippen LogP contribution is -2.09. The Bertz CT molecular complexity index is 979. The molecule has 3 aromatic carbocycles. The van der Waals surface area contributed by atoms with E-state index in [1.54, 1.807) is 84.9 Å². The van der Waals surface area contributed by atoms with Crippen LogP contribution in [0.4, 0.5) is 0 Å². The van der Waals surface area contributed by atoms with E-state index in [4.69, 9.17) is 18.9 Å². The molecule has 0 saturated heterocycles. The van der Waals surface area contributed by atoms with E-state index >= 15 is 0 Å². The highest BCUT2D eigenvalue weighted by Gasteiger charge is 2.11. The van der Waals surface area contributed by atoms with Crippen molar-refractivity contribution in [2.75, 3.05) is 13.2 Å². The lowest BCUT2D eigenvalue weighted by atomic mass is 10.2. The number of hydrogen-bond acceptors (Lipinski definition) is 6. The SMILES string of the molecule is C=CCOc1ccc(C(=O)Oc2ccc(OC(=O)c3ccc(OCC=C)cc3)cc2)cc1.CC. The second-order valence-corrected chi connectivity index (χ2v) is 6.50. The normalized spacial score (nSPS) is 9.59. The number of esters is 2. The maximum absolute atomic E-state index is 12.3. The molecule has 0 N–H and O–H groups in total. The minimum atomic E-state index is -0.510. The largest absolute Gasteiger partial charge is 0.490 e. The fourth-order valence-electron chi connectivity index (χ4n) is 2.59. The summed E-state index contributed by atoms with van der Waals surface area (Å²) < 4.78 is 21.5. The molecule has 0 fully saturated rings. The zero-order valence-corrected chi connectivity index (χ0v) is 19.4. The Kier molecular flexibility index (Phi) is 10.6. The van der Waals surface area contributed by atoms with Gasteiger partial charge in [-0.3, -0.25) is 0 Å². The molecule has 34 heavy (non-hydrogen) atoms. The molecule has 176 valence electrons. The molecular formula is C28H28O6. The van der Waals surface area contributed by atoms with Crippen molar-refractivity contribution in [3.05, 3.63) is 109 Å². The van der Waals surface area contributed by atoms with Gasteiger partial charge in [-0.15, -0.1) is 0 Å². The van der Waals surface area contributed by atoms with Crippen LogP contribution in [-0.2, 0) is 0 Å². The Morgan fingerprint density at radius 2 is 0.882 bits per heavy atom. The molecule has 6 heteroatoms. The molecule has 0 unspecified atom stereocenters. The molecule has 0 aromatic heterocycles. The Morgan fingerprint density at radius 1 is 0.588 bits per heavy atom. The van der Waals surface area contributed by atoms with E-state index in [0.29, 0.717) is 47.3 Å².